The van der Waals surface area contributed by atoms with E-state index in [0.29, 0.717) is 0 Å². The van der Waals surface area contributed by atoms with Gasteiger partial charge in [0.25, 0.3) is 0 Å². The first-order chi connectivity index (χ1) is 9.20. The molecule has 0 aliphatic heterocycles. The summed E-state index contributed by atoms with van der Waals surface area (Å²) in [6.07, 6.45) is 4.94. The average Bonchev–Trinajstić information content (AvgIpc) is 2.84. The van der Waals surface area contributed by atoms with Crippen LogP contribution in [-0.4, -0.2) is 23.4 Å². The molecule has 0 saturated heterocycles. The zero-order valence-corrected chi connectivity index (χ0v) is 11.8. The summed E-state index contributed by atoms with van der Waals surface area (Å²) in [5.74, 6) is 0.934. The van der Waals surface area contributed by atoms with E-state index in [4.69, 9.17) is 4.74 Å². The maximum absolute atomic E-state index is 5.38. The van der Waals surface area contributed by atoms with Gasteiger partial charge in [0.2, 0.25) is 0 Å². The maximum Gasteiger partial charge on any atom is 0.123 e. The molecule has 0 aliphatic rings. The molecular weight excluding hydrogens is 238 g/mol. The highest BCUT2D eigenvalue weighted by molar-refractivity contribution is 5.35. The van der Waals surface area contributed by atoms with Gasteiger partial charge in [-0.25, -0.2) is 0 Å². The van der Waals surface area contributed by atoms with Crippen LogP contribution in [0.1, 0.15) is 24.1 Å². The van der Waals surface area contributed by atoms with Gasteiger partial charge in [0.1, 0.15) is 5.75 Å². The lowest BCUT2D eigenvalue weighted by molar-refractivity contribution is 0.402. The van der Waals surface area contributed by atoms with Crippen molar-refractivity contribution in [3.05, 3.63) is 47.8 Å². The van der Waals surface area contributed by atoms with Crippen LogP contribution in [0.2, 0.25) is 0 Å². The highest BCUT2D eigenvalue weighted by Crippen LogP contribution is 2.24. The number of nitrogens with one attached hydrogen (secondary N) is 1. The highest BCUT2D eigenvalue weighted by Gasteiger charge is 2.09. The fraction of sp³-hybridized carbons (Fsp3) is 0.400. The van der Waals surface area contributed by atoms with Crippen LogP contribution < -0.4 is 10.1 Å². The molecule has 0 fully saturated rings. The van der Waals surface area contributed by atoms with Crippen LogP contribution >= 0.6 is 0 Å². The molecule has 0 amide bonds. The van der Waals surface area contributed by atoms with Crippen molar-refractivity contribution < 1.29 is 4.74 Å². The van der Waals surface area contributed by atoms with E-state index in [1.165, 1.54) is 11.1 Å². The predicted octanol–water partition coefficient (Wildman–Crippen LogP) is 2.32. The van der Waals surface area contributed by atoms with Crippen molar-refractivity contribution in [3.63, 3.8) is 0 Å². The number of para-hydroxylation sites is 1. The Morgan fingerprint density at radius 2 is 2.16 bits per heavy atom. The summed E-state index contributed by atoms with van der Waals surface area (Å²) in [4.78, 5) is 0. The molecule has 1 heterocycles. The lowest BCUT2D eigenvalue weighted by Crippen LogP contribution is -2.21. The first kappa shape index (κ1) is 13.6. The minimum Gasteiger partial charge on any atom is -0.496 e. The van der Waals surface area contributed by atoms with Crippen LogP contribution in [-0.2, 0) is 13.5 Å². The van der Waals surface area contributed by atoms with Crippen LogP contribution in [0.5, 0.6) is 5.75 Å². The Morgan fingerprint density at radius 1 is 1.37 bits per heavy atom. The van der Waals surface area contributed by atoms with Crippen molar-refractivity contribution in [3.8, 4) is 5.75 Å². The minimum absolute atomic E-state index is 0.271. The molecule has 1 N–H and O–H groups in total. The topological polar surface area (TPSA) is 39.1 Å². The Hall–Kier alpha value is -1.81. The zero-order chi connectivity index (χ0) is 13.7. The molecule has 1 aromatic heterocycles. The van der Waals surface area contributed by atoms with Crippen molar-refractivity contribution >= 4 is 0 Å². The van der Waals surface area contributed by atoms with Crippen LogP contribution in [0, 0.1) is 0 Å². The summed E-state index contributed by atoms with van der Waals surface area (Å²) in [6, 6.07) is 8.39. The molecule has 0 aliphatic carbocycles. The lowest BCUT2D eigenvalue weighted by Gasteiger charge is -2.16. The van der Waals surface area contributed by atoms with Gasteiger partial charge < -0.3 is 10.1 Å². The molecule has 0 radical (unpaired) electrons. The van der Waals surface area contributed by atoms with Gasteiger partial charge in [-0.3, -0.25) is 4.68 Å². The number of hydrogen-bond donors (Lipinski definition) is 1. The molecule has 4 heteroatoms. The van der Waals surface area contributed by atoms with E-state index in [1.807, 2.05) is 36.1 Å². The largest absolute Gasteiger partial charge is 0.496 e. The third-order valence-electron chi connectivity index (χ3n) is 3.23. The molecule has 1 atom stereocenters. The number of aryl methyl sites for hydroxylation is 1. The van der Waals surface area contributed by atoms with Crippen molar-refractivity contribution in [1.82, 2.24) is 15.1 Å². The van der Waals surface area contributed by atoms with Crippen molar-refractivity contribution in [2.75, 3.05) is 13.7 Å². The van der Waals surface area contributed by atoms with Gasteiger partial charge in [0.15, 0.2) is 0 Å². The lowest BCUT2D eigenvalue weighted by atomic mass is 10.1. The van der Waals surface area contributed by atoms with E-state index in [1.54, 1.807) is 7.11 Å². The second-order valence-electron chi connectivity index (χ2n) is 4.69. The molecule has 4 nitrogen and oxygen atoms in total. The predicted molar refractivity (Wildman–Crippen MR) is 76.3 cm³/mol. The van der Waals surface area contributed by atoms with Crippen molar-refractivity contribution in [1.29, 1.82) is 0 Å². The average molecular weight is 259 g/mol. The standard InChI is InChI=1S/C15H21N3O/c1-12(14-6-4-5-7-15(14)19-3)16-9-8-13-10-17-18(2)11-13/h4-7,10-12,16H,8-9H2,1-3H3/t12-/m1/s1. The molecule has 0 spiro atoms. The number of hydrogen-bond acceptors (Lipinski definition) is 3. The number of ether oxygens (including phenoxy) is 1. The van der Waals surface area contributed by atoms with E-state index in [2.05, 4.69) is 29.6 Å². The zero-order valence-electron chi connectivity index (χ0n) is 11.8. The van der Waals surface area contributed by atoms with Crippen molar-refractivity contribution in [2.45, 2.75) is 19.4 Å². The van der Waals surface area contributed by atoms with Crippen LogP contribution in [0.4, 0.5) is 0 Å². The summed E-state index contributed by atoms with van der Waals surface area (Å²) in [6.45, 7) is 3.08. The number of aromatic nitrogens is 2. The highest BCUT2D eigenvalue weighted by atomic mass is 16.5. The van der Waals surface area contributed by atoms with Gasteiger partial charge in [-0.1, -0.05) is 18.2 Å². The Morgan fingerprint density at radius 3 is 2.84 bits per heavy atom. The summed E-state index contributed by atoms with van der Waals surface area (Å²) < 4.78 is 7.21. The van der Waals surface area contributed by atoms with Crippen LogP contribution in [0.25, 0.3) is 0 Å². The van der Waals surface area contributed by atoms with Crippen LogP contribution in [0.15, 0.2) is 36.7 Å². The molecule has 0 saturated carbocycles. The monoisotopic (exact) mass is 259 g/mol. The summed E-state index contributed by atoms with van der Waals surface area (Å²) in [7, 11) is 3.65. The van der Waals surface area contributed by atoms with Gasteiger partial charge in [0.05, 0.1) is 13.3 Å². The molecule has 2 rings (SSSR count). The van der Waals surface area contributed by atoms with E-state index in [0.717, 1.165) is 18.7 Å². The van der Waals surface area contributed by atoms with Gasteiger partial charge in [-0.05, 0) is 31.5 Å². The summed E-state index contributed by atoms with van der Waals surface area (Å²) in [5, 5.41) is 7.68. The Balaban J connectivity index is 1.88. The fourth-order valence-corrected chi connectivity index (χ4v) is 2.17. The third kappa shape index (κ3) is 3.58. The molecule has 102 valence electrons. The Bertz CT molecular complexity index is 522. The molecular formula is C15H21N3O. The van der Waals surface area contributed by atoms with E-state index < -0.39 is 0 Å². The molecule has 0 unspecified atom stereocenters. The summed E-state index contributed by atoms with van der Waals surface area (Å²) in [5.41, 5.74) is 2.44. The normalized spacial score (nSPS) is 12.4. The smallest absolute Gasteiger partial charge is 0.123 e. The van der Waals surface area contributed by atoms with Gasteiger partial charge in [-0.2, -0.15) is 5.10 Å². The second-order valence-corrected chi connectivity index (χ2v) is 4.69. The maximum atomic E-state index is 5.38. The second kappa shape index (κ2) is 6.38. The van der Waals surface area contributed by atoms with Gasteiger partial charge in [0, 0.05) is 24.8 Å². The number of methoxy groups -OCH3 is 1. The van der Waals surface area contributed by atoms with E-state index in [9.17, 15) is 0 Å². The SMILES string of the molecule is COc1ccccc1[C@@H](C)NCCc1cnn(C)c1. The number of nitrogens with zero attached hydrogens (tertiary/aromatic N) is 2. The summed E-state index contributed by atoms with van der Waals surface area (Å²) >= 11 is 0. The van der Waals surface area contributed by atoms with E-state index >= 15 is 0 Å². The quantitative estimate of drug-likeness (QED) is 0.865. The first-order valence-corrected chi connectivity index (χ1v) is 6.54. The van der Waals surface area contributed by atoms with E-state index in [-0.39, 0.29) is 6.04 Å². The number of benzene rings is 1. The van der Waals surface area contributed by atoms with Gasteiger partial charge in [-0.15, -0.1) is 0 Å². The van der Waals surface area contributed by atoms with Gasteiger partial charge >= 0.3 is 0 Å². The number of rotatable bonds is 6. The Kier molecular flexibility index (Phi) is 4.58. The fourth-order valence-electron chi connectivity index (χ4n) is 2.17. The minimum atomic E-state index is 0.271. The van der Waals surface area contributed by atoms with Crippen molar-refractivity contribution in [2.24, 2.45) is 7.05 Å². The molecule has 19 heavy (non-hydrogen) atoms. The third-order valence-corrected chi connectivity index (χ3v) is 3.23. The Labute approximate surface area is 114 Å². The molecule has 0 bridgehead atoms. The molecule has 2 aromatic rings. The van der Waals surface area contributed by atoms with Crippen LogP contribution in [0.3, 0.4) is 0 Å². The molecule has 1 aromatic carbocycles. The first-order valence-electron chi connectivity index (χ1n) is 6.54.